The van der Waals surface area contributed by atoms with Crippen molar-refractivity contribution < 1.29 is 9.18 Å². The van der Waals surface area contributed by atoms with Crippen molar-refractivity contribution in [3.63, 3.8) is 0 Å². The Labute approximate surface area is 209 Å². The molecule has 1 amide bonds. The molecule has 0 saturated carbocycles. The molecule has 6 nitrogen and oxygen atoms in total. The summed E-state index contributed by atoms with van der Waals surface area (Å²) in [4.78, 5) is 17.3. The van der Waals surface area contributed by atoms with Crippen LogP contribution in [0.3, 0.4) is 0 Å². The summed E-state index contributed by atoms with van der Waals surface area (Å²) in [6, 6.07) is 25.8. The molecule has 0 saturated heterocycles. The summed E-state index contributed by atoms with van der Waals surface area (Å²) in [6.45, 7) is 2.50. The van der Waals surface area contributed by atoms with Gasteiger partial charge < -0.3 is 4.90 Å². The van der Waals surface area contributed by atoms with E-state index in [1.54, 1.807) is 17.0 Å². The van der Waals surface area contributed by atoms with Gasteiger partial charge >= 0.3 is 0 Å². The molecule has 3 aromatic carbocycles. The second-order valence-electron chi connectivity index (χ2n) is 8.38. The predicted octanol–water partition coefficient (Wildman–Crippen LogP) is 5.35. The van der Waals surface area contributed by atoms with Crippen LogP contribution in [0.15, 0.2) is 90.1 Å². The van der Waals surface area contributed by atoms with Crippen LogP contribution in [0.2, 0.25) is 0 Å². The first-order valence-electron chi connectivity index (χ1n) is 11.3. The highest BCUT2D eigenvalue weighted by molar-refractivity contribution is 7.99. The van der Waals surface area contributed by atoms with Crippen molar-refractivity contribution in [3.05, 3.63) is 102 Å². The zero-order valence-electron chi connectivity index (χ0n) is 20.0. The first kappa shape index (κ1) is 24.6. The van der Waals surface area contributed by atoms with Crippen LogP contribution in [0.25, 0.3) is 5.69 Å². The van der Waals surface area contributed by atoms with E-state index in [1.165, 1.54) is 23.9 Å². The van der Waals surface area contributed by atoms with Crippen molar-refractivity contribution in [2.24, 2.45) is 0 Å². The van der Waals surface area contributed by atoms with E-state index in [0.29, 0.717) is 11.7 Å². The smallest absolute Gasteiger partial charge is 0.237 e. The van der Waals surface area contributed by atoms with Gasteiger partial charge in [0.1, 0.15) is 5.82 Å². The molecule has 35 heavy (non-hydrogen) atoms. The second kappa shape index (κ2) is 11.3. The molecule has 0 aliphatic carbocycles. The number of rotatable bonds is 9. The van der Waals surface area contributed by atoms with Gasteiger partial charge in [-0.25, -0.2) is 4.39 Å². The van der Waals surface area contributed by atoms with Gasteiger partial charge in [0.25, 0.3) is 0 Å². The van der Waals surface area contributed by atoms with Crippen LogP contribution in [0.5, 0.6) is 0 Å². The normalized spacial score (nSPS) is 12.0. The molecule has 1 aromatic heterocycles. The fourth-order valence-electron chi connectivity index (χ4n) is 3.61. The van der Waals surface area contributed by atoms with E-state index >= 15 is 0 Å². The zero-order chi connectivity index (χ0) is 24.8. The molecule has 0 fully saturated rings. The SMILES string of the molecule is C[C@@H](c1nnc(SCC(=O)N(Cc2ccccc2)c2ccccc2)n1-c1ccc(F)cc1)N(C)C. The van der Waals surface area contributed by atoms with Gasteiger partial charge in [-0.05, 0) is 63.0 Å². The third-order valence-electron chi connectivity index (χ3n) is 5.77. The summed E-state index contributed by atoms with van der Waals surface area (Å²) in [6.07, 6.45) is 0. The lowest BCUT2D eigenvalue weighted by molar-refractivity contribution is -0.116. The molecule has 8 heteroatoms. The molecule has 0 aliphatic heterocycles. The van der Waals surface area contributed by atoms with Gasteiger partial charge in [0.15, 0.2) is 11.0 Å². The Morgan fingerprint density at radius 3 is 2.20 bits per heavy atom. The minimum Gasteiger partial charge on any atom is -0.307 e. The van der Waals surface area contributed by atoms with Gasteiger partial charge in [0.05, 0.1) is 18.3 Å². The third kappa shape index (κ3) is 5.96. The highest BCUT2D eigenvalue weighted by atomic mass is 32.2. The third-order valence-corrected chi connectivity index (χ3v) is 6.68. The number of hydrogen-bond acceptors (Lipinski definition) is 5. The Bertz CT molecular complexity index is 1250. The fourth-order valence-corrected chi connectivity index (χ4v) is 4.45. The number of thioether (sulfide) groups is 1. The standard InChI is InChI=1S/C27H28FN5OS/c1-20(31(2)3)26-29-30-27(33(26)24-16-14-22(28)15-17-24)35-19-25(34)32(23-12-8-5-9-13-23)18-21-10-6-4-7-11-21/h4-17,20H,18-19H2,1-3H3/t20-/m0/s1. The summed E-state index contributed by atoms with van der Waals surface area (Å²) >= 11 is 1.32. The molecule has 0 radical (unpaired) electrons. The number of benzene rings is 3. The number of para-hydroxylation sites is 1. The van der Waals surface area contributed by atoms with Crippen LogP contribution in [-0.2, 0) is 11.3 Å². The highest BCUT2D eigenvalue weighted by Crippen LogP contribution is 2.28. The first-order valence-corrected chi connectivity index (χ1v) is 12.3. The maximum Gasteiger partial charge on any atom is 0.237 e. The quantitative estimate of drug-likeness (QED) is 0.297. The van der Waals surface area contributed by atoms with Gasteiger partial charge in [0, 0.05) is 11.4 Å². The van der Waals surface area contributed by atoms with Gasteiger partial charge in [-0.2, -0.15) is 0 Å². The monoisotopic (exact) mass is 489 g/mol. The minimum atomic E-state index is -0.312. The lowest BCUT2D eigenvalue weighted by atomic mass is 10.2. The summed E-state index contributed by atoms with van der Waals surface area (Å²) in [7, 11) is 3.93. The Morgan fingerprint density at radius 2 is 1.57 bits per heavy atom. The van der Waals surface area contributed by atoms with E-state index in [1.807, 2.05) is 91.1 Å². The minimum absolute atomic E-state index is 0.0310. The van der Waals surface area contributed by atoms with Crippen molar-refractivity contribution >= 4 is 23.4 Å². The van der Waals surface area contributed by atoms with E-state index < -0.39 is 0 Å². The van der Waals surface area contributed by atoms with Crippen LogP contribution in [0.4, 0.5) is 10.1 Å². The van der Waals surface area contributed by atoms with Gasteiger partial charge in [-0.3, -0.25) is 14.3 Å². The van der Waals surface area contributed by atoms with E-state index in [0.717, 1.165) is 22.8 Å². The van der Waals surface area contributed by atoms with Crippen molar-refractivity contribution in [1.29, 1.82) is 0 Å². The molecular formula is C27H28FN5OS. The van der Waals surface area contributed by atoms with Crippen molar-refractivity contribution in [3.8, 4) is 5.69 Å². The molecule has 0 unspecified atom stereocenters. The van der Waals surface area contributed by atoms with E-state index in [-0.39, 0.29) is 23.5 Å². The second-order valence-corrected chi connectivity index (χ2v) is 9.32. The number of carbonyl (C=O) groups excluding carboxylic acids is 1. The van der Waals surface area contributed by atoms with Crippen LogP contribution in [0.1, 0.15) is 24.4 Å². The molecule has 0 spiro atoms. The molecule has 0 N–H and O–H groups in total. The molecule has 0 bridgehead atoms. The van der Waals surface area contributed by atoms with E-state index in [2.05, 4.69) is 10.2 Å². The number of anilines is 1. The van der Waals surface area contributed by atoms with Crippen molar-refractivity contribution in [2.45, 2.75) is 24.7 Å². The van der Waals surface area contributed by atoms with Crippen molar-refractivity contribution in [1.82, 2.24) is 19.7 Å². The molecule has 1 heterocycles. The Balaban J connectivity index is 1.60. The van der Waals surface area contributed by atoms with Crippen LogP contribution in [0, 0.1) is 5.82 Å². The van der Waals surface area contributed by atoms with Crippen LogP contribution in [-0.4, -0.2) is 45.4 Å². The summed E-state index contributed by atoms with van der Waals surface area (Å²) in [5.41, 5.74) is 2.63. The van der Waals surface area contributed by atoms with E-state index in [9.17, 15) is 9.18 Å². The molecule has 4 aromatic rings. The van der Waals surface area contributed by atoms with Crippen molar-refractivity contribution in [2.75, 3.05) is 24.7 Å². The van der Waals surface area contributed by atoms with Gasteiger partial charge in [0.2, 0.25) is 5.91 Å². The number of carbonyl (C=O) groups is 1. The predicted molar refractivity (Wildman–Crippen MR) is 138 cm³/mol. The Hall–Kier alpha value is -3.49. The van der Waals surface area contributed by atoms with Crippen LogP contribution >= 0.6 is 11.8 Å². The largest absolute Gasteiger partial charge is 0.307 e. The lowest BCUT2D eigenvalue weighted by Gasteiger charge is -2.23. The molecule has 4 rings (SSSR count). The molecular weight excluding hydrogens is 461 g/mol. The first-order chi connectivity index (χ1) is 16.9. The number of amides is 1. The summed E-state index contributed by atoms with van der Waals surface area (Å²) < 4.78 is 15.5. The average Bonchev–Trinajstić information content (AvgIpc) is 3.30. The topological polar surface area (TPSA) is 54.3 Å². The van der Waals surface area contributed by atoms with Gasteiger partial charge in [-0.15, -0.1) is 10.2 Å². The fraction of sp³-hybridized carbons (Fsp3) is 0.222. The van der Waals surface area contributed by atoms with Crippen LogP contribution < -0.4 is 4.90 Å². The summed E-state index contributed by atoms with van der Waals surface area (Å²) in [5, 5.41) is 9.39. The molecule has 180 valence electrons. The Kier molecular flexibility index (Phi) is 7.94. The number of hydrogen-bond donors (Lipinski definition) is 0. The maximum atomic E-state index is 13.6. The molecule has 0 aliphatic rings. The van der Waals surface area contributed by atoms with Gasteiger partial charge in [-0.1, -0.05) is 60.3 Å². The average molecular weight is 490 g/mol. The zero-order valence-corrected chi connectivity index (χ0v) is 20.8. The maximum absolute atomic E-state index is 13.6. The number of nitrogens with zero attached hydrogens (tertiary/aromatic N) is 5. The number of halogens is 1. The van der Waals surface area contributed by atoms with E-state index in [4.69, 9.17) is 0 Å². The number of aromatic nitrogens is 3. The lowest BCUT2D eigenvalue weighted by Crippen LogP contribution is -2.32. The summed E-state index contributed by atoms with van der Waals surface area (Å²) in [5.74, 6) is 0.548. The highest BCUT2D eigenvalue weighted by Gasteiger charge is 2.23. The molecule has 1 atom stereocenters. The Morgan fingerprint density at radius 1 is 0.943 bits per heavy atom.